The Morgan fingerprint density at radius 1 is 1.06 bits per heavy atom. The smallest absolute Gasteiger partial charge is 0.263 e. The molecule has 1 aliphatic rings. The molecule has 0 aromatic heterocycles. The van der Waals surface area contributed by atoms with Crippen molar-refractivity contribution >= 4 is 23.2 Å². The van der Waals surface area contributed by atoms with E-state index in [4.69, 9.17) is 4.74 Å². The number of ether oxygens (including phenoxy) is 1. The molecule has 1 aliphatic heterocycles. The largest absolute Gasteiger partial charge is 0.477 e. The summed E-state index contributed by atoms with van der Waals surface area (Å²) in [6, 6.07) is 17.4. The molecule has 0 saturated heterocycles. The maximum Gasteiger partial charge on any atom is 0.263 e. The lowest BCUT2D eigenvalue weighted by molar-refractivity contribution is -0.129. The number of hydrogen-bond donors (Lipinski definition) is 1. The Balaban J connectivity index is 1.81. The second-order valence-electron chi connectivity index (χ2n) is 8.17. The second kappa shape index (κ2) is 10.3. The second-order valence-corrected chi connectivity index (χ2v) is 8.17. The first kappa shape index (κ1) is 22.7. The highest BCUT2D eigenvalue weighted by Crippen LogP contribution is 2.33. The normalized spacial score (nSPS) is 15.4. The molecule has 0 radical (unpaired) electrons. The van der Waals surface area contributed by atoms with Crippen molar-refractivity contribution in [3.63, 3.8) is 0 Å². The number of nitrogens with zero attached hydrogens (tertiary/aromatic N) is 2. The van der Waals surface area contributed by atoms with Gasteiger partial charge in [-0.1, -0.05) is 44.2 Å². The monoisotopic (exact) mass is 423 g/mol. The predicted molar refractivity (Wildman–Crippen MR) is 125 cm³/mol. The number of anilines is 2. The lowest BCUT2D eigenvalue weighted by Gasteiger charge is -2.37. The number of carbonyl (C=O) groups excluding carboxylic acids is 2. The van der Waals surface area contributed by atoms with Crippen LogP contribution in [-0.4, -0.2) is 43.1 Å². The van der Waals surface area contributed by atoms with Gasteiger partial charge in [-0.25, -0.2) is 0 Å². The van der Waals surface area contributed by atoms with Crippen LogP contribution in [0.4, 0.5) is 11.4 Å². The molecule has 2 aromatic rings. The molecule has 6 nitrogen and oxygen atoms in total. The van der Waals surface area contributed by atoms with Crippen LogP contribution in [0, 0.1) is 0 Å². The fraction of sp³-hybridized carbons (Fsp3) is 0.440. The van der Waals surface area contributed by atoms with E-state index in [0.29, 0.717) is 12.3 Å². The van der Waals surface area contributed by atoms with Crippen molar-refractivity contribution in [1.29, 1.82) is 0 Å². The van der Waals surface area contributed by atoms with Gasteiger partial charge in [0.05, 0.1) is 18.8 Å². The van der Waals surface area contributed by atoms with Gasteiger partial charge in [0, 0.05) is 17.8 Å². The zero-order valence-corrected chi connectivity index (χ0v) is 18.9. The Morgan fingerprint density at radius 2 is 1.71 bits per heavy atom. The first-order valence-electron chi connectivity index (χ1n) is 11.1. The van der Waals surface area contributed by atoms with Crippen LogP contribution in [0.5, 0.6) is 5.75 Å². The molecule has 1 N–H and O–H groups in total. The minimum absolute atomic E-state index is 0.0140. The minimum atomic E-state index is -0.660. The molecule has 1 unspecified atom stereocenters. The van der Waals surface area contributed by atoms with E-state index in [-0.39, 0.29) is 30.4 Å². The molecule has 166 valence electrons. The number of amides is 2. The number of hydrogen-bond acceptors (Lipinski definition) is 4. The Labute approximate surface area is 185 Å². The molecular formula is C25H33N3O3. The lowest BCUT2D eigenvalue weighted by atomic mass is 10.1. The highest BCUT2D eigenvalue weighted by molar-refractivity contribution is 5.97. The van der Waals surface area contributed by atoms with Crippen LogP contribution in [0.25, 0.3) is 0 Å². The van der Waals surface area contributed by atoms with E-state index in [1.165, 1.54) is 0 Å². The topological polar surface area (TPSA) is 61.9 Å². The van der Waals surface area contributed by atoms with Gasteiger partial charge in [-0.05, 0) is 51.0 Å². The summed E-state index contributed by atoms with van der Waals surface area (Å²) in [4.78, 5) is 30.0. The van der Waals surface area contributed by atoms with Crippen molar-refractivity contribution < 1.29 is 14.3 Å². The van der Waals surface area contributed by atoms with E-state index in [0.717, 1.165) is 24.2 Å². The molecule has 1 atom stereocenters. The van der Waals surface area contributed by atoms with Crippen LogP contribution in [0.3, 0.4) is 0 Å². The molecule has 2 amide bonds. The number of para-hydroxylation sites is 3. The number of nitrogens with one attached hydrogen (secondary N) is 1. The molecule has 0 bridgehead atoms. The summed E-state index contributed by atoms with van der Waals surface area (Å²) in [5.74, 6) is 0.475. The fourth-order valence-electron chi connectivity index (χ4n) is 3.94. The van der Waals surface area contributed by atoms with Crippen molar-refractivity contribution in [3.8, 4) is 5.75 Å². The van der Waals surface area contributed by atoms with Crippen LogP contribution in [0.1, 0.15) is 40.5 Å². The molecule has 0 saturated carbocycles. The summed E-state index contributed by atoms with van der Waals surface area (Å²) in [6.07, 6.45) is 1.08. The summed E-state index contributed by atoms with van der Waals surface area (Å²) in [7, 11) is 0. The molecule has 31 heavy (non-hydrogen) atoms. The van der Waals surface area contributed by atoms with Crippen LogP contribution in [0.2, 0.25) is 0 Å². The number of rotatable bonds is 8. The Morgan fingerprint density at radius 3 is 2.35 bits per heavy atom. The SMILES string of the molecule is CCC(CC)NC(=O)C1CN(CC(=O)N(c2ccccc2)C(C)C)c2ccccc2O1. The lowest BCUT2D eigenvalue weighted by Crippen LogP contribution is -2.53. The van der Waals surface area contributed by atoms with E-state index in [1.54, 1.807) is 4.90 Å². The summed E-state index contributed by atoms with van der Waals surface area (Å²) >= 11 is 0. The van der Waals surface area contributed by atoms with Gasteiger partial charge in [0.25, 0.3) is 5.91 Å². The minimum Gasteiger partial charge on any atom is -0.477 e. The first-order chi connectivity index (χ1) is 14.9. The molecule has 2 aromatic carbocycles. The van der Waals surface area contributed by atoms with E-state index in [9.17, 15) is 9.59 Å². The summed E-state index contributed by atoms with van der Waals surface area (Å²) in [6.45, 7) is 8.62. The molecular weight excluding hydrogens is 390 g/mol. The zero-order chi connectivity index (χ0) is 22.4. The number of benzene rings is 2. The van der Waals surface area contributed by atoms with Crippen molar-refractivity contribution in [2.24, 2.45) is 0 Å². The average Bonchev–Trinajstić information content (AvgIpc) is 2.77. The van der Waals surface area contributed by atoms with Crippen LogP contribution < -0.4 is 19.9 Å². The Kier molecular flexibility index (Phi) is 7.55. The van der Waals surface area contributed by atoms with Gasteiger partial charge >= 0.3 is 0 Å². The molecule has 0 aliphatic carbocycles. The van der Waals surface area contributed by atoms with Gasteiger partial charge in [0.2, 0.25) is 5.91 Å². The van der Waals surface area contributed by atoms with Gasteiger partial charge in [-0.3, -0.25) is 9.59 Å². The molecule has 0 fully saturated rings. The molecule has 3 rings (SSSR count). The third-order valence-corrected chi connectivity index (χ3v) is 5.63. The first-order valence-corrected chi connectivity index (χ1v) is 11.1. The Bertz CT molecular complexity index is 881. The quantitative estimate of drug-likeness (QED) is 0.697. The predicted octanol–water partition coefficient (Wildman–Crippen LogP) is 4.00. The maximum absolute atomic E-state index is 13.4. The van der Waals surface area contributed by atoms with Gasteiger partial charge in [0.15, 0.2) is 6.10 Å². The number of fused-ring (bicyclic) bond motifs is 1. The van der Waals surface area contributed by atoms with E-state index >= 15 is 0 Å². The van der Waals surface area contributed by atoms with Crippen molar-refractivity contribution in [3.05, 3.63) is 54.6 Å². The third kappa shape index (κ3) is 5.37. The zero-order valence-electron chi connectivity index (χ0n) is 18.9. The maximum atomic E-state index is 13.4. The van der Waals surface area contributed by atoms with Gasteiger partial charge in [0.1, 0.15) is 5.75 Å². The molecule has 0 spiro atoms. The van der Waals surface area contributed by atoms with E-state index < -0.39 is 6.10 Å². The Hall–Kier alpha value is -3.02. The average molecular weight is 424 g/mol. The number of carbonyl (C=O) groups is 2. The third-order valence-electron chi connectivity index (χ3n) is 5.63. The van der Waals surface area contributed by atoms with Crippen molar-refractivity contribution in [1.82, 2.24) is 5.32 Å². The highest BCUT2D eigenvalue weighted by atomic mass is 16.5. The summed E-state index contributed by atoms with van der Waals surface area (Å²) in [5.41, 5.74) is 1.70. The van der Waals surface area contributed by atoms with Crippen molar-refractivity contribution in [2.45, 2.75) is 58.7 Å². The highest BCUT2D eigenvalue weighted by Gasteiger charge is 2.33. The molecule has 1 heterocycles. The fourth-order valence-corrected chi connectivity index (χ4v) is 3.94. The van der Waals surface area contributed by atoms with E-state index in [2.05, 4.69) is 19.2 Å². The van der Waals surface area contributed by atoms with Crippen LogP contribution in [0.15, 0.2) is 54.6 Å². The van der Waals surface area contributed by atoms with E-state index in [1.807, 2.05) is 73.3 Å². The standard InChI is InChI=1S/C25H33N3O3/c1-5-19(6-2)26-25(30)23-16-27(21-14-10-11-15-22(21)31-23)17-24(29)28(18(3)4)20-12-8-7-9-13-20/h7-15,18-19,23H,5-6,16-17H2,1-4H3,(H,26,30). The van der Waals surface area contributed by atoms with Crippen LogP contribution >= 0.6 is 0 Å². The summed E-state index contributed by atoms with van der Waals surface area (Å²) < 4.78 is 6.01. The van der Waals surface area contributed by atoms with Gasteiger partial charge in [-0.2, -0.15) is 0 Å². The van der Waals surface area contributed by atoms with Crippen LogP contribution in [-0.2, 0) is 9.59 Å². The molecule has 6 heteroatoms. The van der Waals surface area contributed by atoms with Gasteiger partial charge in [-0.15, -0.1) is 0 Å². The van der Waals surface area contributed by atoms with Crippen molar-refractivity contribution in [2.75, 3.05) is 22.9 Å². The van der Waals surface area contributed by atoms with Gasteiger partial charge < -0.3 is 19.9 Å². The summed E-state index contributed by atoms with van der Waals surface area (Å²) in [5, 5.41) is 3.07.